The molecular weight excluding hydrogens is 452 g/mol. The number of benzene rings is 2. The lowest BCUT2D eigenvalue weighted by Crippen LogP contribution is -2.35. The van der Waals surface area contributed by atoms with Gasteiger partial charge in [-0.25, -0.2) is 8.42 Å². The standard InChI is InChI=1S/C23H27ClN2O5S/c1-15(2)30-21-9-7-18(32(28,29)26-10-4-3-5-11-26)14-19(21)25-23(27)22-13-16-12-17(24)6-8-20(16)31-22/h6-9,12,14-15,22H,3-5,10-11,13H2,1-2H3,(H,25,27)/t22-/m1/s1. The third-order valence-corrected chi connectivity index (χ3v) is 7.64. The van der Waals surface area contributed by atoms with Gasteiger partial charge in [-0.15, -0.1) is 0 Å². The van der Waals surface area contributed by atoms with Crippen LogP contribution in [0.3, 0.4) is 0 Å². The number of fused-ring (bicyclic) bond motifs is 1. The van der Waals surface area contributed by atoms with Crippen molar-refractivity contribution in [2.45, 2.75) is 56.6 Å². The molecule has 172 valence electrons. The average Bonchev–Trinajstić information content (AvgIpc) is 3.18. The van der Waals surface area contributed by atoms with Crippen LogP contribution in [0.5, 0.6) is 11.5 Å². The number of ether oxygens (including phenoxy) is 2. The molecule has 2 aromatic rings. The molecule has 1 saturated heterocycles. The lowest BCUT2D eigenvalue weighted by molar-refractivity contribution is -0.122. The van der Waals surface area contributed by atoms with Crippen molar-refractivity contribution in [1.82, 2.24) is 4.31 Å². The molecule has 1 amide bonds. The van der Waals surface area contributed by atoms with Crippen molar-refractivity contribution in [1.29, 1.82) is 0 Å². The van der Waals surface area contributed by atoms with Gasteiger partial charge in [-0.2, -0.15) is 4.31 Å². The smallest absolute Gasteiger partial charge is 0.265 e. The number of carbonyl (C=O) groups is 1. The fourth-order valence-corrected chi connectivity index (χ4v) is 5.69. The maximum atomic E-state index is 13.1. The number of amides is 1. The van der Waals surface area contributed by atoms with E-state index in [1.54, 1.807) is 24.3 Å². The Morgan fingerprint density at radius 1 is 1.16 bits per heavy atom. The number of halogens is 1. The highest BCUT2D eigenvalue weighted by Gasteiger charge is 2.31. The molecule has 7 nitrogen and oxygen atoms in total. The molecule has 0 bridgehead atoms. The fourth-order valence-electron chi connectivity index (χ4n) is 3.95. The quantitative estimate of drug-likeness (QED) is 0.671. The topological polar surface area (TPSA) is 84.9 Å². The second-order valence-electron chi connectivity index (χ2n) is 8.34. The van der Waals surface area contributed by atoms with Crippen LogP contribution in [-0.4, -0.2) is 43.9 Å². The van der Waals surface area contributed by atoms with Gasteiger partial charge in [0.25, 0.3) is 5.91 Å². The van der Waals surface area contributed by atoms with Crippen LogP contribution < -0.4 is 14.8 Å². The van der Waals surface area contributed by atoms with Gasteiger partial charge >= 0.3 is 0 Å². The highest BCUT2D eigenvalue weighted by molar-refractivity contribution is 7.89. The van der Waals surface area contributed by atoms with Crippen LogP contribution in [0.1, 0.15) is 38.7 Å². The number of piperidine rings is 1. The van der Waals surface area contributed by atoms with E-state index in [1.165, 1.54) is 16.4 Å². The van der Waals surface area contributed by atoms with Crippen LogP contribution in [0.25, 0.3) is 0 Å². The van der Waals surface area contributed by atoms with Gasteiger partial charge in [-0.05, 0) is 68.7 Å². The number of nitrogens with zero attached hydrogens (tertiary/aromatic N) is 1. The van der Waals surface area contributed by atoms with Crippen LogP contribution in [-0.2, 0) is 21.2 Å². The van der Waals surface area contributed by atoms with Crippen LogP contribution in [0.2, 0.25) is 5.02 Å². The monoisotopic (exact) mass is 478 g/mol. The van der Waals surface area contributed by atoms with Crippen molar-refractivity contribution < 1.29 is 22.7 Å². The van der Waals surface area contributed by atoms with Gasteiger partial charge in [0.2, 0.25) is 10.0 Å². The van der Waals surface area contributed by atoms with E-state index in [4.69, 9.17) is 21.1 Å². The highest BCUT2D eigenvalue weighted by atomic mass is 35.5. The van der Waals surface area contributed by atoms with E-state index in [2.05, 4.69) is 5.32 Å². The Labute approximate surface area is 193 Å². The normalized spacial score (nSPS) is 18.8. The summed E-state index contributed by atoms with van der Waals surface area (Å²) in [4.78, 5) is 13.1. The van der Waals surface area contributed by atoms with Crippen LogP contribution in [0, 0.1) is 0 Å². The van der Waals surface area contributed by atoms with Gasteiger partial charge in [0, 0.05) is 24.5 Å². The Morgan fingerprint density at radius 2 is 1.91 bits per heavy atom. The largest absolute Gasteiger partial charge is 0.489 e. The van der Waals surface area contributed by atoms with Crippen molar-refractivity contribution in [2.75, 3.05) is 18.4 Å². The maximum absolute atomic E-state index is 13.1. The second-order valence-corrected chi connectivity index (χ2v) is 10.7. The van der Waals surface area contributed by atoms with E-state index in [9.17, 15) is 13.2 Å². The Hall–Kier alpha value is -2.29. The van der Waals surface area contributed by atoms with Crippen molar-refractivity contribution in [2.24, 2.45) is 0 Å². The highest BCUT2D eigenvalue weighted by Crippen LogP contribution is 2.34. The Balaban J connectivity index is 1.58. The van der Waals surface area contributed by atoms with E-state index in [-0.39, 0.29) is 16.9 Å². The first kappa shape index (κ1) is 22.9. The zero-order valence-corrected chi connectivity index (χ0v) is 19.7. The van der Waals surface area contributed by atoms with Crippen LogP contribution >= 0.6 is 11.6 Å². The molecule has 2 aromatic carbocycles. The van der Waals surface area contributed by atoms with Crippen LogP contribution in [0.15, 0.2) is 41.3 Å². The summed E-state index contributed by atoms with van der Waals surface area (Å²) in [5, 5.41) is 3.40. The molecule has 4 rings (SSSR count). The average molecular weight is 479 g/mol. The summed E-state index contributed by atoms with van der Waals surface area (Å²) in [6.45, 7) is 4.74. The predicted octanol–water partition coefficient (Wildman–Crippen LogP) is 4.24. The van der Waals surface area contributed by atoms with Crippen molar-refractivity contribution in [3.8, 4) is 11.5 Å². The molecule has 32 heavy (non-hydrogen) atoms. The SMILES string of the molecule is CC(C)Oc1ccc(S(=O)(=O)N2CCCCC2)cc1NC(=O)[C@H]1Cc2cc(Cl)ccc2O1. The summed E-state index contributed by atoms with van der Waals surface area (Å²) < 4.78 is 39.4. The Bertz CT molecular complexity index is 1110. The van der Waals surface area contributed by atoms with E-state index in [0.717, 1.165) is 24.8 Å². The van der Waals surface area contributed by atoms with Gasteiger partial charge in [-0.1, -0.05) is 18.0 Å². The summed E-state index contributed by atoms with van der Waals surface area (Å²) >= 11 is 6.04. The molecule has 0 saturated carbocycles. The van der Waals surface area contributed by atoms with E-state index < -0.39 is 16.1 Å². The van der Waals surface area contributed by atoms with Crippen molar-refractivity contribution in [3.05, 3.63) is 47.0 Å². The zero-order chi connectivity index (χ0) is 22.9. The molecule has 0 unspecified atom stereocenters. The first-order chi connectivity index (χ1) is 15.2. The molecule has 2 aliphatic rings. The Kier molecular flexibility index (Phi) is 6.65. The predicted molar refractivity (Wildman–Crippen MR) is 123 cm³/mol. The number of nitrogens with one attached hydrogen (secondary N) is 1. The van der Waals surface area contributed by atoms with Crippen LogP contribution in [0.4, 0.5) is 5.69 Å². The van der Waals surface area contributed by atoms with Gasteiger partial charge in [0.15, 0.2) is 6.10 Å². The van der Waals surface area contributed by atoms with E-state index in [0.29, 0.717) is 41.7 Å². The summed E-state index contributed by atoms with van der Waals surface area (Å²) in [7, 11) is -3.65. The maximum Gasteiger partial charge on any atom is 0.265 e. The summed E-state index contributed by atoms with van der Waals surface area (Å²) in [5.74, 6) is 0.651. The first-order valence-corrected chi connectivity index (χ1v) is 12.6. The number of hydrogen-bond donors (Lipinski definition) is 1. The van der Waals surface area contributed by atoms with Gasteiger partial charge in [0.05, 0.1) is 16.7 Å². The molecule has 1 fully saturated rings. The summed E-state index contributed by atoms with van der Waals surface area (Å²) in [6, 6.07) is 9.83. The minimum Gasteiger partial charge on any atom is -0.489 e. The molecule has 0 aromatic heterocycles. The molecule has 0 radical (unpaired) electrons. The summed E-state index contributed by atoms with van der Waals surface area (Å²) in [6.07, 6.45) is 2.22. The first-order valence-electron chi connectivity index (χ1n) is 10.8. The molecule has 0 spiro atoms. The summed E-state index contributed by atoms with van der Waals surface area (Å²) in [5.41, 5.74) is 1.16. The number of sulfonamides is 1. The molecular formula is C23H27ClN2O5S. The lowest BCUT2D eigenvalue weighted by atomic mass is 10.1. The van der Waals surface area contributed by atoms with Crippen molar-refractivity contribution >= 4 is 33.2 Å². The molecule has 2 aliphatic heterocycles. The fraction of sp³-hybridized carbons (Fsp3) is 0.435. The number of anilines is 1. The van der Waals surface area contributed by atoms with Gasteiger partial charge in [-0.3, -0.25) is 4.79 Å². The number of carbonyl (C=O) groups excluding carboxylic acids is 1. The van der Waals surface area contributed by atoms with E-state index >= 15 is 0 Å². The molecule has 9 heteroatoms. The molecule has 1 N–H and O–H groups in total. The third-order valence-electron chi connectivity index (χ3n) is 5.51. The van der Waals surface area contributed by atoms with E-state index in [1.807, 2.05) is 13.8 Å². The molecule has 1 atom stereocenters. The van der Waals surface area contributed by atoms with Crippen molar-refractivity contribution in [3.63, 3.8) is 0 Å². The number of rotatable bonds is 6. The minimum atomic E-state index is -3.65. The zero-order valence-electron chi connectivity index (χ0n) is 18.1. The van der Waals surface area contributed by atoms with Gasteiger partial charge in [0.1, 0.15) is 11.5 Å². The third kappa shape index (κ3) is 4.87. The second kappa shape index (κ2) is 9.29. The molecule has 2 heterocycles. The molecule has 0 aliphatic carbocycles. The minimum absolute atomic E-state index is 0.133. The lowest BCUT2D eigenvalue weighted by Gasteiger charge is -2.26. The van der Waals surface area contributed by atoms with Gasteiger partial charge < -0.3 is 14.8 Å². The number of hydrogen-bond acceptors (Lipinski definition) is 5. The Morgan fingerprint density at radius 3 is 2.62 bits per heavy atom.